The van der Waals surface area contributed by atoms with Gasteiger partial charge in [0, 0.05) is 12.6 Å². The van der Waals surface area contributed by atoms with Gasteiger partial charge in [-0.1, -0.05) is 0 Å². The maximum atomic E-state index is 12.0. The SMILES string of the molecule is CN1CCC(NC(=O)C2(CN)COC2)CC1. The van der Waals surface area contributed by atoms with Gasteiger partial charge in [-0.15, -0.1) is 0 Å². The van der Waals surface area contributed by atoms with Crippen LogP contribution < -0.4 is 11.1 Å². The number of nitrogens with two attached hydrogens (primary N) is 1. The van der Waals surface area contributed by atoms with Crippen molar-refractivity contribution in [3.05, 3.63) is 0 Å². The molecule has 2 aliphatic heterocycles. The van der Waals surface area contributed by atoms with Crippen LogP contribution in [-0.4, -0.2) is 56.7 Å². The fraction of sp³-hybridized carbons (Fsp3) is 0.909. The first-order chi connectivity index (χ1) is 7.66. The molecular formula is C11H21N3O2. The smallest absolute Gasteiger partial charge is 0.232 e. The van der Waals surface area contributed by atoms with Gasteiger partial charge in [-0.2, -0.15) is 0 Å². The second kappa shape index (κ2) is 4.69. The van der Waals surface area contributed by atoms with Gasteiger partial charge in [0.25, 0.3) is 0 Å². The number of amides is 1. The molecule has 16 heavy (non-hydrogen) atoms. The second-order valence-corrected chi connectivity index (χ2v) is 5.03. The quantitative estimate of drug-likeness (QED) is 0.660. The predicted octanol–water partition coefficient (Wildman–Crippen LogP) is -0.828. The third-order valence-electron chi connectivity index (χ3n) is 3.68. The van der Waals surface area contributed by atoms with Gasteiger partial charge >= 0.3 is 0 Å². The van der Waals surface area contributed by atoms with Crippen molar-refractivity contribution < 1.29 is 9.53 Å². The first kappa shape index (κ1) is 11.8. The van der Waals surface area contributed by atoms with Crippen LogP contribution in [0.1, 0.15) is 12.8 Å². The number of carbonyl (C=O) groups is 1. The molecule has 2 heterocycles. The summed E-state index contributed by atoms with van der Waals surface area (Å²) in [5.41, 5.74) is 5.21. The Balaban J connectivity index is 1.83. The maximum absolute atomic E-state index is 12.0. The number of carbonyl (C=O) groups excluding carboxylic acids is 1. The number of hydrogen-bond acceptors (Lipinski definition) is 4. The van der Waals surface area contributed by atoms with Crippen molar-refractivity contribution in [2.75, 3.05) is 39.9 Å². The molecule has 0 radical (unpaired) electrons. The summed E-state index contributed by atoms with van der Waals surface area (Å²) in [5.74, 6) is 0.0794. The zero-order valence-electron chi connectivity index (χ0n) is 9.87. The molecule has 2 aliphatic rings. The highest BCUT2D eigenvalue weighted by molar-refractivity contribution is 5.84. The molecule has 2 saturated heterocycles. The number of piperidine rings is 1. The topological polar surface area (TPSA) is 67.6 Å². The molecule has 92 valence electrons. The summed E-state index contributed by atoms with van der Waals surface area (Å²) in [4.78, 5) is 14.3. The number of nitrogens with zero attached hydrogens (tertiary/aromatic N) is 1. The summed E-state index contributed by atoms with van der Waals surface area (Å²) in [7, 11) is 2.11. The third-order valence-corrected chi connectivity index (χ3v) is 3.68. The average Bonchev–Trinajstić information content (AvgIpc) is 2.21. The van der Waals surface area contributed by atoms with Crippen LogP contribution in [0.2, 0.25) is 0 Å². The number of rotatable bonds is 3. The predicted molar refractivity (Wildman–Crippen MR) is 61.0 cm³/mol. The van der Waals surface area contributed by atoms with Crippen LogP contribution in [-0.2, 0) is 9.53 Å². The highest BCUT2D eigenvalue weighted by Gasteiger charge is 2.45. The summed E-state index contributed by atoms with van der Waals surface area (Å²) in [5, 5.41) is 3.11. The molecule has 0 aliphatic carbocycles. The van der Waals surface area contributed by atoms with Crippen molar-refractivity contribution in [3.8, 4) is 0 Å². The van der Waals surface area contributed by atoms with Gasteiger partial charge in [-0.05, 0) is 33.0 Å². The lowest BCUT2D eigenvalue weighted by Crippen LogP contribution is -2.60. The maximum Gasteiger partial charge on any atom is 0.232 e. The first-order valence-electron chi connectivity index (χ1n) is 5.94. The molecule has 2 fully saturated rings. The highest BCUT2D eigenvalue weighted by Crippen LogP contribution is 2.26. The van der Waals surface area contributed by atoms with Gasteiger partial charge in [0.1, 0.15) is 5.41 Å². The average molecular weight is 227 g/mol. The van der Waals surface area contributed by atoms with Gasteiger partial charge in [-0.3, -0.25) is 4.79 Å². The first-order valence-corrected chi connectivity index (χ1v) is 5.94. The number of hydrogen-bond donors (Lipinski definition) is 2. The summed E-state index contributed by atoms with van der Waals surface area (Å²) in [6.45, 7) is 3.43. The van der Waals surface area contributed by atoms with Crippen LogP contribution in [0.15, 0.2) is 0 Å². The summed E-state index contributed by atoms with van der Waals surface area (Å²) < 4.78 is 5.11. The molecule has 0 aromatic rings. The van der Waals surface area contributed by atoms with Crippen LogP contribution >= 0.6 is 0 Å². The standard InChI is InChI=1S/C11H21N3O2/c1-14-4-2-9(3-5-14)13-10(15)11(6-12)7-16-8-11/h9H,2-8,12H2,1H3,(H,13,15). The third kappa shape index (κ3) is 2.21. The fourth-order valence-corrected chi connectivity index (χ4v) is 2.18. The molecule has 2 rings (SSSR count). The zero-order valence-corrected chi connectivity index (χ0v) is 9.87. The monoisotopic (exact) mass is 227 g/mol. The van der Waals surface area contributed by atoms with E-state index < -0.39 is 5.41 Å². The van der Waals surface area contributed by atoms with Crippen molar-refractivity contribution in [1.29, 1.82) is 0 Å². The minimum atomic E-state index is -0.441. The Bertz CT molecular complexity index is 252. The lowest BCUT2D eigenvalue weighted by Gasteiger charge is -2.40. The van der Waals surface area contributed by atoms with E-state index in [4.69, 9.17) is 10.5 Å². The Kier molecular flexibility index (Phi) is 3.47. The Morgan fingerprint density at radius 1 is 1.50 bits per heavy atom. The molecule has 0 aromatic heterocycles. The lowest BCUT2D eigenvalue weighted by atomic mass is 9.84. The van der Waals surface area contributed by atoms with Crippen LogP contribution in [0, 0.1) is 5.41 Å². The molecule has 0 bridgehead atoms. The van der Waals surface area contributed by atoms with Crippen molar-refractivity contribution in [2.45, 2.75) is 18.9 Å². The molecule has 0 spiro atoms. The minimum absolute atomic E-state index is 0.0794. The van der Waals surface area contributed by atoms with Crippen molar-refractivity contribution in [3.63, 3.8) is 0 Å². The van der Waals surface area contributed by atoms with E-state index in [1.165, 1.54) is 0 Å². The van der Waals surface area contributed by atoms with E-state index in [0.29, 0.717) is 25.8 Å². The summed E-state index contributed by atoms with van der Waals surface area (Å²) in [6.07, 6.45) is 2.06. The molecule has 5 heteroatoms. The van der Waals surface area contributed by atoms with Gasteiger partial charge in [0.05, 0.1) is 13.2 Å². The van der Waals surface area contributed by atoms with Crippen LogP contribution in [0.25, 0.3) is 0 Å². The Morgan fingerprint density at radius 3 is 2.56 bits per heavy atom. The van der Waals surface area contributed by atoms with E-state index in [1.807, 2.05) is 0 Å². The second-order valence-electron chi connectivity index (χ2n) is 5.03. The molecule has 0 saturated carbocycles. The van der Waals surface area contributed by atoms with Crippen LogP contribution in [0.4, 0.5) is 0 Å². The largest absolute Gasteiger partial charge is 0.379 e. The molecule has 3 N–H and O–H groups in total. The fourth-order valence-electron chi connectivity index (χ4n) is 2.18. The van der Waals surface area contributed by atoms with Gasteiger partial charge in [0.2, 0.25) is 5.91 Å². The Morgan fingerprint density at radius 2 is 2.12 bits per heavy atom. The van der Waals surface area contributed by atoms with Crippen molar-refractivity contribution in [1.82, 2.24) is 10.2 Å². The van der Waals surface area contributed by atoms with Crippen molar-refractivity contribution >= 4 is 5.91 Å². The summed E-state index contributed by atoms with van der Waals surface area (Å²) in [6, 6.07) is 0.313. The molecular weight excluding hydrogens is 206 g/mol. The molecule has 0 atom stereocenters. The van der Waals surface area contributed by atoms with Crippen LogP contribution in [0.3, 0.4) is 0 Å². The van der Waals surface area contributed by atoms with E-state index >= 15 is 0 Å². The van der Waals surface area contributed by atoms with E-state index in [2.05, 4.69) is 17.3 Å². The van der Waals surface area contributed by atoms with E-state index in [9.17, 15) is 4.79 Å². The Hall–Kier alpha value is -0.650. The zero-order chi connectivity index (χ0) is 11.6. The van der Waals surface area contributed by atoms with E-state index in [1.54, 1.807) is 0 Å². The Labute approximate surface area is 96.3 Å². The van der Waals surface area contributed by atoms with Gasteiger partial charge in [-0.25, -0.2) is 0 Å². The number of nitrogens with one attached hydrogen (secondary N) is 1. The highest BCUT2D eigenvalue weighted by atomic mass is 16.5. The molecule has 0 aromatic carbocycles. The van der Waals surface area contributed by atoms with Crippen LogP contribution in [0.5, 0.6) is 0 Å². The molecule has 1 amide bonds. The lowest BCUT2D eigenvalue weighted by molar-refractivity contribution is -0.160. The normalized spacial score (nSPS) is 26.1. The minimum Gasteiger partial charge on any atom is -0.379 e. The summed E-state index contributed by atoms with van der Waals surface area (Å²) >= 11 is 0. The van der Waals surface area contributed by atoms with E-state index in [0.717, 1.165) is 25.9 Å². The van der Waals surface area contributed by atoms with Gasteiger partial charge in [0.15, 0.2) is 0 Å². The van der Waals surface area contributed by atoms with Crippen molar-refractivity contribution in [2.24, 2.45) is 11.1 Å². The molecule has 5 nitrogen and oxygen atoms in total. The molecule has 0 unspecified atom stereocenters. The van der Waals surface area contributed by atoms with Gasteiger partial charge < -0.3 is 20.7 Å². The number of likely N-dealkylation sites (tertiary alicyclic amines) is 1. The number of ether oxygens (including phenoxy) is 1. The van der Waals surface area contributed by atoms with E-state index in [-0.39, 0.29) is 5.91 Å².